The molecule has 0 atom stereocenters. The lowest BCUT2D eigenvalue weighted by molar-refractivity contribution is 0.0697. The van der Waals surface area contributed by atoms with Crippen molar-refractivity contribution in [3.8, 4) is 0 Å². The van der Waals surface area contributed by atoms with Crippen LogP contribution in [0.3, 0.4) is 0 Å². The van der Waals surface area contributed by atoms with Gasteiger partial charge in [0.15, 0.2) is 0 Å². The molecule has 98 valence electrons. The van der Waals surface area contributed by atoms with E-state index in [-0.39, 0.29) is 0 Å². The molecule has 2 aromatic rings. The molecule has 0 aliphatic rings. The van der Waals surface area contributed by atoms with Crippen LogP contribution in [0.5, 0.6) is 0 Å². The fourth-order valence-corrected chi connectivity index (χ4v) is 2.22. The van der Waals surface area contributed by atoms with Crippen LogP contribution in [0.25, 0.3) is 0 Å². The molecule has 19 heavy (non-hydrogen) atoms. The first-order valence-corrected chi connectivity index (χ1v) is 6.15. The van der Waals surface area contributed by atoms with E-state index in [2.05, 4.69) is 38.2 Å². The first-order chi connectivity index (χ1) is 8.97. The summed E-state index contributed by atoms with van der Waals surface area (Å²) in [6.45, 7) is 6.20. The molecule has 3 nitrogen and oxygen atoms in total. The van der Waals surface area contributed by atoms with Gasteiger partial charge in [0.1, 0.15) is 0 Å². The maximum atomic E-state index is 10.8. The van der Waals surface area contributed by atoms with Gasteiger partial charge in [0.25, 0.3) is 0 Å². The highest BCUT2D eigenvalue weighted by Gasteiger charge is 2.05. The van der Waals surface area contributed by atoms with Crippen molar-refractivity contribution in [2.45, 2.75) is 20.8 Å². The number of aryl methyl sites for hydroxylation is 3. The molecule has 0 saturated heterocycles. The number of hydrogen-bond donors (Lipinski definition) is 2. The molecule has 0 bridgehead atoms. The third-order valence-electron chi connectivity index (χ3n) is 3.08. The van der Waals surface area contributed by atoms with Crippen molar-refractivity contribution in [3.05, 3.63) is 58.7 Å². The minimum atomic E-state index is -0.908. The van der Waals surface area contributed by atoms with E-state index >= 15 is 0 Å². The van der Waals surface area contributed by atoms with Gasteiger partial charge in [-0.25, -0.2) is 4.79 Å². The van der Waals surface area contributed by atoms with Crippen molar-refractivity contribution in [2.75, 3.05) is 5.32 Å². The Morgan fingerprint density at radius 3 is 2.00 bits per heavy atom. The fraction of sp³-hybridized carbons (Fsp3) is 0.188. The molecule has 0 aliphatic carbocycles. The molecular weight excluding hydrogens is 238 g/mol. The van der Waals surface area contributed by atoms with Crippen molar-refractivity contribution in [1.82, 2.24) is 0 Å². The molecule has 0 spiro atoms. The van der Waals surface area contributed by atoms with Crippen molar-refractivity contribution >= 4 is 17.3 Å². The predicted molar refractivity (Wildman–Crippen MR) is 77.3 cm³/mol. The van der Waals surface area contributed by atoms with Gasteiger partial charge in [-0.15, -0.1) is 0 Å². The highest BCUT2D eigenvalue weighted by atomic mass is 16.4. The number of carboxylic acids is 1. The maximum Gasteiger partial charge on any atom is 0.335 e. The van der Waals surface area contributed by atoms with E-state index in [0.29, 0.717) is 5.56 Å². The zero-order chi connectivity index (χ0) is 14.0. The summed E-state index contributed by atoms with van der Waals surface area (Å²) in [6, 6.07) is 11.0. The van der Waals surface area contributed by atoms with Crippen LogP contribution in [0.1, 0.15) is 27.0 Å². The van der Waals surface area contributed by atoms with Crippen molar-refractivity contribution in [1.29, 1.82) is 0 Å². The Bertz CT molecular complexity index is 592. The Morgan fingerprint density at radius 2 is 1.53 bits per heavy atom. The van der Waals surface area contributed by atoms with Gasteiger partial charge in [-0.05, 0) is 56.2 Å². The summed E-state index contributed by atoms with van der Waals surface area (Å²) >= 11 is 0. The molecule has 0 aromatic heterocycles. The van der Waals surface area contributed by atoms with Gasteiger partial charge in [-0.3, -0.25) is 0 Å². The molecule has 0 aliphatic heterocycles. The minimum absolute atomic E-state index is 0.294. The second-order valence-electron chi connectivity index (χ2n) is 4.78. The summed E-state index contributed by atoms with van der Waals surface area (Å²) in [7, 11) is 0. The Labute approximate surface area is 112 Å². The van der Waals surface area contributed by atoms with Gasteiger partial charge in [0.05, 0.1) is 5.56 Å². The summed E-state index contributed by atoms with van der Waals surface area (Å²) < 4.78 is 0. The van der Waals surface area contributed by atoms with E-state index in [4.69, 9.17) is 5.11 Å². The average Bonchev–Trinajstić information content (AvgIpc) is 2.34. The van der Waals surface area contributed by atoms with Crippen LogP contribution in [0.15, 0.2) is 36.4 Å². The smallest absolute Gasteiger partial charge is 0.335 e. The van der Waals surface area contributed by atoms with Crippen LogP contribution < -0.4 is 5.32 Å². The Kier molecular flexibility index (Phi) is 3.56. The summed E-state index contributed by atoms with van der Waals surface area (Å²) in [5.74, 6) is -0.908. The molecule has 3 heteroatoms. The SMILES string of the molecule is Cc1cc(C)c(Nc2ccc(C(=O)O)cc2)c(C)c1. The van der Waals surface area contributed by atoms with Gasteiger partial charge in [0, 0.05) is 11.4 Å². The summed E-state index contributed by atoms with van der Waals surface area (Å²) in [5.41, 5.74) is 5.86. The lowest BCUT2D eigenvalue weighted by Gasteiger charge is -2.14. The average molecular weight is 255 g/mol. The van der Waals surface area contributed by atoms with Crippen molar-refractivity contribution in [2.24, 2.45) is 0 Å². The van der Waals surface area contributed by atoms with E-state index < -0.39 is 5.97 Å². The third-order valence-corrected chi connectivity index (χ3v) is 3.08. The van der Waals surface area contributed by atoms with E-state index in [9.17, 15) is 4.79 Å². The van der Waals surface area contributed by atoms with Crippen molar-refractivity contribution in [3.63, 3.8) is 0 Å². The predicted octanol–water partition coefficient (Wildman–Crippen LogP) is 4.05. The molecule has 2 aromatic carbocycles. The topological polar surface area (TPSA) is 49.3 Å². The summed E-state index contributed by atoms with van der Waals surface area (Å²) in [4.78, 5) is 10.8. The molecule has 2 rings (SSSR count). The number of hydrogen-bond acceptors (Lipinski definition) is 2. The van der Waals surface area contributed by atoms with Crippen LogP contribution in [0.2, 0.25) is 0 Å². The van der Waals surface area contributed by atoms with Gasteiger partial charge >= 0.3 is 5.97 Å². The number of rotatable bonds is 3. The molecule has 0 unspecified atom stereocenters. The molecule has 0 heterocycles. The van der Waals surface area contributed by atoms with Gasteiger partial charge in [-0.1, -0.05) is 17.7 Å². The van der Waals surface area contributed by atoms with E-state index in [0.717, 1.165) is 11.4 Å². The first kappa shape index (κ1) is 13.1. The molecule has 0 saturated carbocycles. The molecule has 0 fully saturated rings. The highest BCUT2D eigenvalue weighted by Crippen LogP contribution is 2.26. The quantitative estimate of drug-likeness (QED) is 0.869. The van der Waals surface area contributed by atoms with Crippen LogP contribution in [0.4, 0.5) is 11.4 Å². The zero-order valence-corrected chi connectivity index (χ0v) is 11.3. The highest BCUT2D eigenvalue weighted by molar-refractivity contribution is 5.88. The maximum absolute atomic E-state index is 10.8. The number of benzene rings is 2. The zero-order valence-electron chi connectivity index (χ0n) is 11.3. The molecule has 2 N–H and O–H groups in total. The van der Waals surface area contributed by atoms with Crippen LogP contribution in [-0.2, 0) is 0 Å². The van der Waals surface area contributed by atoms with Gasteiger partial charge < -0.3 is 10.4 Å². The molecule has 0 radical (unpaired) electrons. The minimum Gasteiger partial charge on any atom is -0.478 e. The summed E-state index contributed by atoms with van der Waals surface area (Å²) in [5, 5.41) is 12.2. The monoisotopic (exact) mass is 255 g/mol. The van der Waals surface area contributed by atoms with Gasteiger partial charge in [0.2, 0.25) is 0 Å². The van der Waals surface area contributed by atoms with Crippen molar-refractivity contribution < 1.29 is 9.90 Å². The standard InChI is InChI=1S/C16H17NO2/c1-10-8-11(2)15(12(3)9-10)17-14-6-4-13(5-7-14)16(18)19/h4-9,17H,1-3H3,(H,18,19). The largest absolute Gasteiger partial charge is 0.478 e. The second kappa shape index (κ2) is 5.14. The van der Waals surface area contributed by atoms with Crippen LogP contribution in [-0.4, -0.2) is 11.1 Å². The van der Waals surface area contributed by atoms with E-state index in [1.54, 1.807) is 24.3 Å². The normalized spacial score (nSPS) is 10.3. The lowest BCUT2D eigenvalue weighted by atomic mass is 10.0. The Hall–Kier alpha value is -2.29. The number of carboxylic acid groups (broad SMARTS) is 1. The van der Waals surface area contributed by atoms with E-state index in [1.807, 2.05) is 0 Å². The second-order valence-corrected chi connectivity index (χ2v) is 4.78. The first-order valence-electron chi connectivity index (χ1n) is 6.15. The number of anilines is 2. The van der Waals surface area contributed by atoms with Gasteiger partial charge in [-0.2, -0.15) is 0 Å². The summed E-state index contributed by atoms with van der Waals surface area (Å²) in [6.07, 6.45) is 0. The van der Waals surface area contributed by atoms with Crippen LogP contribution >= 0.6 is 0 Å². The Morgan fingerprint density at radius 1 is 1.00 bits per heavy atom. The number of carbonyl (C=O) groups is 1. The van der Waals surface area contributed by atoms with Crippen LogP contribution in [0, 0.1) is 20.8 Å². The number of nitrogens with one attached hydrogen (secondary N) is 1. The fourth-order valence-electron chi connectivity index (χ4n) is 2.22. The molecular formula is C16H17NO2. The molecule has 0 amide bonds. The van der Waals surface area contributed by atoms with E-state index in [1.165, 1.54) is 16.7 Å². The number of aromatic carboxylic acids is 1. The lowest BCUT2D eigenvalue weighted by Crippen LogP contribution is -1.99. The Balaban J connectivity index is 2.29. The third kappa shape index (κ3) is 2.94.